The van der Waals surface area contributed by atoms with Gasteiger partial charge < -0.3 is 5.32 Å². The molecular weight excluding hydrogens is 395 g/mol. The Balaban J connectivity index is 1.71. The highest BCUT2D eigenvalue weighted by Crippen LogP contribution is 2.34. The number of thioether (sulfide) groups is 1. The molecule has 0 aliphatic carbocycles. The van der Waals surface area contributed by atoms with Crippen LogP contribution in [0, 0.1) is 0 Å². The molecule has 0 aliphatic rings. The van der Waals surface area contributed by atoms with Crippen LogP contribution in [0.25, 0.3) is 0 Å². The average molecular weight is 409 g/mol. The molecule has 1 N–H and O–H groups in total. The van der Waals surface area contributed by atoms with Crippen molar-refractivity contribution in [3.8, 4) is 0 Å². The summed E-state index contributed by atoms with van der Waals surface area (Å²) in [6.07, 6.45) is 1.74. The van der Waals surface area contributed by atoms with Crippen molar-refractivity contribution < 1.29 is 4.79 Å². The van der Waals surface area contributed by atoms with Gasteiger partial charge in [-0.25, -0.2) is 4.98 Å². The van der Waals surface area contributed by atoms with Crippen molar-refractivity contribution in [1.82, 2.24) is 10.3 Å². The van der Waals surface area contributed by atoms with Gasteiger partial charge in [-0.1, -0.05) is 59.6 Å². The van der Waals surface area contributed by atoms with E-state index in [4.69, 9.17) is 23.2 Å². The van der Waals surface area contributed by atoms with Gasteiger partial charge in [-0.05, 0) is 17.7 Å². The largest absolute Gasteiger partial charge is 0.342 e. The van der Waals surface area contributed by atoms with Gasteiger partial charge in [0.15, 0.2) is 0 Å². The van der Waals surface area contributed by atoms with Crippen molar-refractivity contribution in [1.29, 1.82) is 0 Å². The first-order valence-corrected chi connectivity index (χ1v) is 10.1. The van der Waals surface area contributed by atoms with Crippen LogP contribution >= 0.6 is 46.3 Å². The summed E-state index contributed by atoms with van der Waals surface area (Å²) in [7, 11) is 0. The molecule has 3 rings (SSSR count). The van der Waals surface area contributed by atoms with Crippen molar-refractivity contribution in [2.75, 3.05) is 5.75 Å². The molecule has 0 aliphatic heterocycles. The third kappa shape index (κ3) is 4.76. The standard InChI is InChI=1S/C18H14Cl2N2OS2/c19-13-7-4-8-14(20)17(13)25-11-15(23)22-16(18-21-9-10-24-18)12-5-2-1-3-6-12/h1-10,16H,11H2,(H,22,23). The van der Waals surface area contributed by atoms with Gasteiger partial charge >= 0.3 is 0 Å². The summed E-state index contributed by atoms with van der Waals surface area (Å²) in [5.41, 5.74) is 0.992. The van der Waals surface area contributed by atoms with Crippen LogP contribution in [0.5, 0.6) is 0 Å². The van der Waals surface area contributed by atoms with Gasteiger partial charge in [-0.2, -0.15) is 0 Å². The van der Waals surface area contributed by atoms with E-state index in [0.717, 1.165) is 10.6 Å². The molecule has 0 saturated heterocycles. The molecule has 0 bridgehead atoms. The predicted molar refractivity (Wildman–Crippen MR) is 106 cm³/mol. The molecule has 2 aromatic carbocycles. The molecule has 0 radical (unpaired) electrons. The van der Waals surface area contributed by atoms with Gasteiger partial charge in [0, 0.05) is 16.5 Å². The SMILES string of the molecule is O=C(CSc1c(Cl)cccc1Cl)NC(c1ccccc1)c1nccs1. The van der Waals surface area contributed by atoms with Crippen LogP contribution < -0.4 is 5.32 Å². The minimum Gasteiger partial charge on any atom is -0.342 e. The second-order valence-corrected chi connectivity index (χ2v) is 7.85. The zero-order valence-electron chi connectivity index (χ0n) is 13.0. The summed E-state index contributed by atoms with van der Waals surface area (Å²) in [5, 5.41) is 6.89. The topological polar surface area (TPSA) is 42.0 Å². The number of hydrogen-bond acceptors (Lipinski definition) is 4. The first kappa shape index (κ1) is 18.3. The number of nitrogens with one attached hydrogen (secondary N) is 1. The van der Waals surface area contributed by atoms with E-state index in [-0.39, 0.29) is 17.7 Å². The summed E-state index contributed by atoms with van der Waals surface area (Å²) in [5.74, 6) is 0.114. The van der Waals surface area contributed by atoms with E-state index in [0.29, 0.717) is 14.9 Å². The number of aromatic nitrogens is 1. The van der Waals surface area contributed by atoms with Crippen LogP contribution in [0.1, 0.15) is 16.6 Å². The van der Waals surface area contributed by atoms with Crippen LogP contribution in [-0.4, -0.2) is 16.6 Å². The number of hydrogen-bond donors (Lipinski definition) is 1. The molecule has 3 aromatic rings. The lowest BCUT2D eigenvalue weighted by Gasteiger charge is -2.17. The second kappa shape index (κ2) is 8.72. The Hall–Kier alpha value is -1.53. The zero-order chi connectivity index (χ0) is 17.6. The molecule has 1 atom stereocenters. The summed E-state index contributed by atoms with van der Waals surface area (Å²) >= 11 is 15.1. The third-order valence-corrected chi connectivity index (χ3v) is 6.23. The number of nitrogens with zero attached hydrogens (tertiary/aromatic N) is 1. The zero-order valence-corrected chi connectivity index (χ0v) is 16.1. The van der Waals surface area contributed by atoms with Gasteiger partial charge in [0.25, 0.3) is 0 Å². The quantitative estimate of drug-likeness (QED) is 0.551. The molecule has 1 aromatic heterocycles. The van der Waals surface area contributed by atoms with Gasteiger partial charge in [0.1, 0.15) is 11.0 Å². The molecule has 0 spiro atoms. The Labute approximate surface area is 164 Å². The summed E-state index contributed by atoms with van der Waals surface area (Å²) in [6.45, 7) is 0. The molecule has 1 unspecified atom stereocenters. The van der Waals surface area contributed by atoms with E-state index >= 15 is 0 Å². The minimum absolute atomic E-state index is 0.106. The van der Waals surface area contributed by atoms with E-state index in [9.17, 15) is 4.79 Å². The Morgan fingerprint density at radius 3 is 2.48 bits per heavy atom. The number of halogens is 2. The Morgan fingerprint density at radius 1 is 1.12 bits per heavy atom. The van der Waals surface area contributed by atoms with E-state index in [1.165, 1.54) is 23.1 Å². The normalized spacial score (nSPS) is 11.9. The van der Waals surface area contributed by atoms with Gasteiger partial charge in [-0.3, -0.25) is 4.79 Å². The predicted octanol–water partition coefficient (Wildman–Crippen LogP) is 5.45. The highest BCUT2D eigenvalue weighted by atomic mass is 35.5. The maximum Gasteiger partial charge on any atom is 0.231 e. The number of carbonyl (C=O) groups is 1. The molecule has 3 nitrogen and oxygen atoms in total. The van der Waals surface area contributed by atoms with E-state index in [2.05, 4.69) is 10.3 Å². The smallest absolute Gasteiger partial charge is 0.231 e. The number of rotatable bonds is 6. The lowest BCUT2D eigenvalue weighted by Crippen LogP contribution is -2.30. The monoisotopic (exact) mass is 408 g/mol. The molecule has 128 valence electrons. The third-order valence-electron chi connectivity index (χ3n) is 3.40. The van der Waals surface area contributed by atoms with Gasteiger partial charge in [0.05, 0.1) is 15.8 Å². The van der Waals surface area contributed by atoms with Crippen LogP contribution in [-0.2, 0) is 4.79 Å². The van der Waals surface area contributed by atoms with E-state index < -0.39 is 0 Å². The van der Waals surface area contributed by atoms with Crippen molar-refractivity contribution >= 4 is 52.2 Å². The summed E-state index contributed by atoms with van der Waals surface area (Å²) < 4.78 is 0. The van der Waals surface area contributed by atoms with Crippen LogP contribution in [0.15, 0.2) is 65.0 Å². The maximum atomic E-state index is 12.5. The molecular formula is C18H14Cl2N2OS2. The maximum absolute atomic E-state index is 12.5. The number of amides is 1. The fourth-order valence-electron chi connectivity index (χ4n) is 2.27. The Morgan fingerprint density at radius 2 is 1.84 bits per heavy atom. The first-order chi connectivity index (χ1) is 12.1. The van der Waals surface area contributed by atoms with Crippen LogP contribution in [0.2, 0.25) is 10.0 Å². The fraction of sp³-hybridized carbons (Fsp3) is 0.111. The van der Waals surface area contributed by atoms with Crippen molar-refractivity contribution in [3.05, 3.63) is 80.7 Å². The summed E-state index contributed by atoms with van der Waals surface area (Å²) in [4.78, 5) is 17.5. The lowest BCUT2D eigenvalue weighted by atomic mass is 10.1. The molecule has 1 amide bonds. The first-order valence-electron chi connectivity index (χ1n) is 7.45. The summed E-state index contributed by atoms with van der Waals surface area (Å²) in [6, 6.07) is 14.8. The number of benzene rings is 2. The Bertz CT molecular complexity index is 821. The number of thiazole rings is 1. The van der Waals surface area contributed by atoms with Gasteiger partial charge in [-0.15, -0.1) is 23.1 Å². The Kier molecular flexibility index (Phi) is 6.37. The molecule has 1 heterocycles. The molecule has 0 fully saturated rings. The van der Waals surface area contributed by atoms with Crippen molar-refractivity contribution in [2.24, 2.45) is 0 Å². The van der Waals surface area contributed by atoms with Crippen molar-refractivity contribution in [3.63, 3.8) is 0 Å². The highest BCUT2D eigenvalue weighted by Gasteiger charge is 2.19. The van der Waals surface area contributed by atoms with Crippen LogP contribution in [0.4, 0.5) is 0 Å². The second-order valence-electron chi connectivity index (χ2n) is 5.12. The number of carbonyl (C=O) groups excluding carboxylic acids is 1. The molecule has 25 heavy (non-hydrogen) atoms. The van der Waals surface area contributed by atoms with E-state index in [1.807, 2.05) is 35.7 Å². The van der Waals surface area contributed by atoms with E-state index in [1.54, 1.807) is 24.4 Å². The van der Waals surface area contributed by atoms with Gasteiger partial charge in [0.2, 0.25) is 5.91 Å². The highest BCUT2D eigenvalue weighted by molar-refractivity contribution is 8.00. The molecule has 7 heteroatoms. The fourth-order valence-corrected chi connectivity index (χ4v) is 4.48. The van der Waals surface area contributed by atoms with Crippen LogP contribution in [0.3, 0.4) is 0 Å². The van der Waals surface area contributed by atoms with Crippen molar-refractivity contribution in [2.45, 2.75) is 10.9 Å². The average Bonchev–Trinajstić information content (AvgIpc) is 3.14. The minimum atomic E-state index is -0.268. The lowest BCUT2D eigenvalue weighted by molar-refractivity contribution is -0.119. The molecule has 0 saturated carbocycles.